The largest absolute Gasteiger partial charge is 0.395 e. The van der Waals surface area contributed by atoms with Crippen molar-refractivity contribution < 1.29 is 9.90 Å². The summed E-state index contributed by atoms with van der Waals surface area (Å²) in [4.78, 5) is 14.3. The summed E-state index contributed by atoms with van der Waals surface area (Å²) < 4.78 is 1.46. The fraction of sp³-hybridized carbons (Fsp3) is 0.333. The number of hydrogen-bond donors (Lipinski definition) is 3. The van der Waals surface area contributed by atoms with Crippen molar-refractivity contribution in [1.82, 2.24) is 9.55 Å². The molecule has 12 heavy (non-hydrogen) atoms. The highest BCUT2D eigenvalue weighted by molar-refractivity contribution is 5.95. The van der Waals surface area contributed by atoms with Gasteiger partial charge in [0.15, 0.2) is 5.69 Å². The summed E-state index contributed by atoms with van der Waals surface area (Å²) in [5.74, 6) is -0.472. The van der Waals surface area contributed by atoms with Crippen molar-refractivity contribution in [3.05, 3.63) is 12.0 Å². The summed E-state index contributed by atoms with van der Waals surface area (Å²) in [6, 6.07) is 0. The molecule has 1 amide bonds. The predicted molar refractivity (Wildman–Crippen MR) is 42.2 cm³/mol. The molecule has 1 aromatic rings. The van der Waals surface area contributed by atoms with Crippen LogP contribution in [0.3, 0.4) is 0 Å². The van der Waals surface area contributed by atoms with Crippen molar-refractivity contribution in [2.24, 2.45) is 5.73 Å². The van der Waals surface area contributed by atoms with Crippen LogP contribution in [-0.2, 0) is 6.54 Å². The zero-order valence-electron chi connectivity index (χ0n) is 6.40. The van der Waals surface area contributed by atoms with Crippen LogP contribution in [0.5, 0.6) is 0 Å². The zero-order chi connectivity index (χ0) is 9.14. The molecule has 0 saturated heterocycles. The van der Waals surface area contributed by atoms with E-state index in [9.17, 15) is 4.79 Å². The maximum Gasteiger partial charge on any atom is 0.271 e. The Morgan fingerprint density at radius 1 is 1.75 bits per heavy atom. The fourth-order valence-electron chi connectivity index (χ4n) is 0.868. The van der Waals surface area contributed by atoms with E-state index in [1.807, 2.05) is 0 Å². The number of carbonyl (C=O) groups is 1. The number of nitrogens with two attached hydrogens (primary N) is 2. The fourth-order valence-corrected chi connectivity index (χ4v) is 0.868. The van der Waals surface area contributed by atoms with E-state index in [0.29, 0.717) is 6.54 Å². The van der Waals surface area contributed by atoms with Gasteiger partial charge in [-0.3, -0.25) is 4.79 Å². The Balaban J connectivity index is 2.96. The first-order chi connectivity index (χ1) is 5.66. The molecule has 6 heteroatoms. The zero-order valence-corrected chi connectivity index (χ0v) is 6.40. The first-order valence-corrected chi connectivity index (χ1v) is 3.38. The van der Waals surface area contributed by atoms with Gasteiger partial charge in [-0.05, 0) is 0 Å². The summed E-state index contributed by atoms with van der Waals surface area (Å²) in [7, 11) is 0. The molecule has 0 aliphatic heterocycles. The summed E-state index contributed by atoms with van der Waals surface area (Å²) in [6.45, 7) is 0.255. The van der Waals surface area contributed by atoms with Gasteiger partial charge < -0.3 is 21.1 Å². The number of nitrogen functional groups attached to an aromatic ring is 1. The van der Waals surface area contributed by atoms with Crippen LogP contribution in [0.15, 0.2) is 6.33 Å². The Morgan fingerprint density at radius 2 is 2.42 bits per heavy atom. The van der Waals surface area contributed by atoms with Crippen molar-refractivity contribution >= 4 is 11.7 Å². The maximum absolute atomic E-state index is 10.6. The van der Waals surface area contributed by atoms with Crippen molar-refractivity contribution in [1.29, 1.82) is 0 Å². The summed E-state index contributed by atoms with van der Waals surface area (Å²) in [5, 5.41) is 8.57. The lowest BCUT2D eigenvalue weighted by Crippen LogP contribution is -2.15. The summed E-state index contributed by atoms with van der Waals surface area (Å²) >= 11 is 0. The number of aliphatic hydroxyl groups excluding tert-OH is 1. The Hall–Kier alpha value is -1.56. The van der Waals surface area contributed by atoms with E-state index < -0.39 is 5.91 Å². The number of rotatable bonds is 3. The lowest BCUT2D eigenvalue weighted by molar-refractivity contribution is 0.0997. The molecule has 0 spiro atoms. The highest BCUT2D eigenvalue weighted by Crippen LogP contribution is 2.07. The average molecular weight is 170 g/mol. The Bertz CT molecular complexity index is 294. The van der Waals surface area contributed by atoms with Crippen LogP contribution in [0.1, 0.15) is 10.5 Å². The Morgan fingerprint density at radius 3 is 2.83 bits per heavy atom. The number of carbonyl (C=O) groups excluding carboxylic acids is 1. The van der Waals surface area contributed by atoms with Gasteiger partial charge in [-0.1, -0.05) is 0 Å². The van der Waals surface area contributed by atoms with Gasteiger partial charge >= 0.3 is 0 Å². The molecule has 0 aliphatic carbocycles. The van der Waals surface area contributed by atoms with Gasteiger partial charge in [-0.2, -0.15) is 0 Å². The minimum atomic E-state index is -0.663. The molecule has 0 bridgehead atoms. The van der Waals surface area contributed by atoms with Crippen molar-refractivity contribution in [3.63, 3.8) is 0 Å². The number of aliphatic hydroxyl groups is 1. The number of imidazole rings is 1. The monoisotopic (exact) mass is 170 g/mol. The van der Waals surface area contributed by atoms with E-state index in [4.69, 9.17) is 16.6 Å². The topological polar surface area (TPSA) is 107 Å². The second-order valence-electron chi connectivity index (χ2n) is 2.26. The van der Waals surface area contributed by atoms with E-state index >= 15 is 0 Å². The molecule has 0 fully saturated rings. The van der Waals surface area contributed by atoms with Crippen LogP contribution in [0.4, 0.5) is 5.82 Å². The van der Waals surface area contributed by atoms with Crippen molar-refractivity contribution in [3.8, 4) is 0 Å². The van der Waals surface area contributed by atoms with Crippen molar-refractivity contribution in [2.75, 3.05) is 12.3 Å². The lowest BCUT2D eigenvalue weighted by atomic mass is 10.4. The summed E-state index contributed by atoms with van der Waals surface area (Å²) in [5.41, 5.74) is 10.5. The molecule has 66 valence electrons. The summed E-state index contributed by atoms with van der Waals surface area (Å²) in [6.07, 6.45) is 1.37. The normalized spacial score (nSPS) is 10.1. The van der Waals surface area contributed by atoms with E-state index in [1.165, 1.54) is 10.9 Å². The Kier molecular flexibility index (Phi) is 2.29. The molecule has 0 aromatic carbocycles. The highest BCUT2D eigenvalue weighted by Gasteiger charge is 2.11. The molecule has 6 nitrogen and oxygen atoms in total. The number of nitrogens with zero attached hydrogens (tertiary/aromatic N) is 2. The molecular weight excluding hydrogens is 160 g/mol. The van der Waals surface area contributed by atoms with Crippen LogP contribution in [0.25, 0.3) is 0 Å². The van der Waals surface area contributed by atoms with Gasteiger partial charge in [0.1, 0.15) is 5.82 Å². The highest BCUT2D eigenvalue weighted by atomic mass is 16.3. The number of aromatic nitrogens is 2. The smallest absolute Gasteiger partial charge is 0.271 e. The van der Waals surface area contributed by atoms with E-state index in [0.717, 1.165) is 0 Å². The third-order valence-corrected chi connectivity index (χ3v) is 1.45. The molecule has 1 heterocycles. The second kappa shape index (κ2) is 3.22. The van der Waals surface area contributed by atoms with E-state index in [1.54, 1.807) is 0 Å². The lowest BCUT2D eigenvalue weighted by Gasteiger charge is -2.00. The molecule has 5 N–H and O–H groups in total. The van der Waals surface area contributed by atoms with Gasteiger partial charge in [0.2, 0.25) is 0 Å². The SMILES string of the molecule is NC(=O)c1ncn(CCO)c1N. The molecule has 0 aliphatic rings. The van der Waals surface area contributed by atoms with Gasteiger partial charge in [0.25, 0.3) is 5.91 Å². The van der Waals surface area contributed by atoms with Gasteiger partial charge in [0.05, 0.1) is 12.9 Å². The molecule has 0 atom stereocenters. The third kappa shape index (κ3) is 1.37. The molecule has 1 rings (SSSR count). The van der Waals surface area contributed by atoms with Gasteiger partial charge in [-0.15, -0.1) is 0 Å². The van der Waals surface area contributed by atoms with Gasteiger partial charge in [-0.25, -0.2) is 4.98 Å². The first kappa shape index (κ1) is 8.54. The van der Waals surface area contributed by atoms with E-state index in [-0.39, 0.29) is 18.1 Å². The second-order valence-corrected chi connectivity index (χ2v) is 2.26. The third-order valence-electron chi connectivity index (χ3n) is 1.45. The molecule has 0 saturated carbocycles. The molecule has 0 unspecified atom stereocenters. The van der Waals surface area contributed by atoms with E-state index in [2.05, 4.69) is 4.98 Å². The first-order valence-electron chi connectivity index (χ1n) is 3.38. The minimum absolute atomic E-state index is 0.0449. The molecular formula is C6H10N4O2. The standard InChI is InChI=1S/C6H10N4O2/c7-5-4(6(8)12)9-3-10(5)1-2-11/h3,11H,1-2,7H2,(H2,8,12). The van der Waals surface area contributed by atoms with Crippen molar-refractivity contribution in [2.45, 2.75) is 6.54 Å². The van der Waals surface area contributed by atoms with Crippen LogP contribution in [0, 0.1) is 0 Å². The number of anilines is 1. The van der Waals surface area contributed by atoms with Crippen LogP contribution >= 0.6 is 0 Å². The van der Waals surface area contributed by atoms with Crippen LogP contribution < -0.4 is 11.5 Å². The number of primary amides is 1. The number of hydrogen-bond acceptors (Lipinski definition) is 4. The molecule has 1 aromatic heterocycles. The number of amides is 1. The maximum atomic E-state index is 10.6. The Labute approximate surface area is 68.8 Å². The molecule has 0 radical (unpaired) electrons. The predicted octanol–water partition coefficient (Wildman–Crippen LogP) is -1.44. The van der Waals surface area contributed by atoms with Crippen LogP contribution in [-0.4, -0.2) is 27.2 Å². The minimum Gasteiger partial charge on any atom is -0.395 e. The van der Waals surface area contributed by atoms with Crippen LogP contribution in [0.2, 0.25) is 0 Å². The quantitative estimate of drug-likeness (QED) is 0.516. The average Bonchev–Trinajstić information content (AvgIpc) is 2.34. The van der Waals surface area contributed by atoms with Gasteiger partial charge in [0, 0.05) is 6.54 Å².